The van der Waals surface area contributed by atoms with E-state index in [0.29, 0.717) is 30.3 Å². The van der Waals surface area contributed by atoms with Gasteiger partial charge < -0.3 is 14.8 Å². The number of fused-ring (bicyclic) bond motifs is 2. The number of hydrogen-bond donors (Lipinski definition) is 1. The van der Waals surface area contributed by atoms with Gasteiger partial charge in [-0.3, -0.25) is 9.59 Å². The highest BCUT2D eigenvalue weighted by Crippen LogP contribution is 2.61. The first-order chi connectivity index (χ1) is 13.8. The Hall–Kier alpha value is -2.04. The number of nitrogens with one attached hydrogen (secondary N) is 1. The molecular weight excluding hydrogens is 366 g/mol. The molecule has 0 spiro atoms. The third-order valence-electron chi connectivity index (χ3n) is 7.14. The van der Waals surface area contributed by atoms with Gasteiger partial charge in [-0.15, -0.1) is 0 Å². The van der Waals surface area contributed by atoms with Crippen LogP contribution in [-0.4, -0.2) is 31.6 Å². The molecule has 4 atom stereocenters. The second kappa shape index (κ2) is 9.19. The van der Waals surface area contributed by atoms with Crippen LogP contribution in [-0.2, 0) is 20.7 Å². The number of ether oxygens (including phenoxy) is 2. The molecule has 160 valence electrons. The van der Waals surface area contributed by atoms with Crippen molar-refractivity contribution in [2.45, 2.75) is 65.3 Å². The monoisotopic (exact) mass is 401 g/mol. The van der Waals surface area contributed by atoms with E-state index in [2.05, 4.69) is 19.2 Å². The number of esters is 1. The number of hydrogen-bond acceptors (Lipinski definition) is 4. The average molecular weight is 402 g/mol. The summed E-state index contributed by atoms with van der Waals surface area (Å²) in [5.41, 5.74) is 1.24. The van der Waals surface area contributed by atoms with Crippen LogP contribution in [0.25, 0.3) is 0 Å². The van der Waals surface area contributed by atoms with E-state index < -0.39 is 0 Å². The number of rotatable bonds is 9. The van der Waals surface area contributed by atoms with E-state index in [-0.39, 0.29) is 24.3 Å². The van der Waals surface area contributed by atoms with Gasteiger partial charge in [-0.2, -0.15) is 0 Å². The first kappa shape index (κ1) is 21.7. The fraction of sp³-hybridized carbons (Fsp3) is 0.667. The van der Waals surface area contributed by atoms with Gasteiger partial charge in [-0.25, -0.2) is 0 Å². The molecule has 3 saturated carbocycles. The Morgan fingerprint density at radius 1 is 1.17 bits per heavy atom. The van der Waals surface area contributed by atoms with Crippen LogP contribution in [0.3, 0.4) is 0 Å². The van der Waals surface area contributed by atoms with E-state index >= 15 is 0 Å². The molecular formula is C24H35NO4. The van der Waals surface area contributed by atoms with Crippen LogP contribution < -0.4 is 10.1 Å². The van der Waals surface area contributed by atoms with Gasteiger partial charge >= 0.3 is 5.97 Å². The molecule has 1 amide bonds. The smallest absolute Gasteiger partial charge is 0.309 e. The molecule has 1 N–H and O–H groups in total. The Labute approximate surface area is 174 Å². The molecule has 1 aromatic carbocycles. The van der Waals surface area contributed by atoms with E-state index in [1.54, 1.807) is 0 Å². The zero-order chi connectivity index (χ0) is 21.0. The first-order valence-electron chi connectivity index (χ1n) is 10.9. The zero-order valence-corrected chi connectivity index (χ0v) is 18.2. The molecule has 4 rings (SSSR count). The Morgan fingerprint density at radius 3 is 2.52 bits per heavy atom. The molecule has 5 nitrogen and oxygen atoms in total. The fourth-order valence-electron chi connectivity index (χ4n) is 5.18. The summed E-state index contributed by atoms with van der Waals surface area (Å²) in [6.07, 6.45) is 5.12. The van der Waals surface area contributed by atoms with Gasteiger partial charge in [0.15, 0.2) is 0 Å². The summed E-state index contributed by atoms with van der Waals surface area (Å²) >= 11 is 0. The maximum atomic E-state index is 12.3. The fourth-order valence-corrected chi connectivity index (χ4v) is 5.18. The minimum absolute atomic E-state index is 0.186. The lowest BCUT2D eigenvalue weighted by Crippen LogP contribution is -2.63. The molecule has 3 aliphatic rings. The standard InChI is InChI=1S/C24H35NO4/c1-5-6-21(26)25-23-17(14-18-15-20(23)24(18,2)3)11-12-29-19-9-7-16(8-10-19)13-22(27)28-4/h7-10,17-18,20,23H,5-6,11-15H2,1-4H3,(H,25,26)/t17-,18+,20+,23?/m0/s1. The molecule has 1 aromatic rings. The summed E-state index contributed by atoms with van der Waals surface area (Å²) < 4.78 is 10.7. The molecule has 0 aliphatic heterocycles. The molecule has 0 aromatic heterocycles. The molecule has 3 aliphatic carbocycles. The Bertz CT molecular complexity index is 712. The molecule has 0 radical (unpaired) electrons. The van der Waals surface area contributed by atoms with Gasteiger partial charge in [0.25, 0.3) is 0 Å². The lowest BCUT2D eigenvalue weighted by molar-refractivity contribution is -0.140. The van der Waals surface area contributed by atoms with Crippen molar-refractivity contribution in [3.05, 3.63) is 29.8 Å². The third-order valence-corrected chi connectivity index (χ3v) is 7.14. The van der Waals surface area contributed by atoms with E-state index in [1.165, 1.54) is 20.0 Å². The summed E-state index contributed by atoms with van der Waals surface area (Å²) in [6, 6.07) is 7.87. The van der Waals surface area contributed by atoms with Crippen molar-refractivity contribution in [1.82, 2.24) is 5.32 Å². The van der Waals surface area contributed by atoms with Crippen molar-refractivity contribution >= 4 is 11.9 Å². The molecule has 0 heterocycles. The SMILES string of the molecule is CCCC(=O)NC1[C@@H](CCOc2ccc(CC(=O)OC)cc2)C[C@@H]2C[C@H]1C2(C)C. The second-order valence-corrected chi connectivity index (χ2v) is 9.23. The van der Waals surface area contributed by atoms with Crippen LogP contribution in [0.4, 0.5) is 0 Å². The van der Waals surface area contributed by atoms with Crippen LogP contribution in [0.1, 0.15) is 58.4 Å². The average Bonchev–Trinajstić information content (AvgIpc) is 2.70. The number of methoxy groups -OCH3 is 1. The third kappa shape index (κ3) is 4.93. The minimum Gasteiger partial charge on any atom is -0.494 e. The highest BCUT2D eigenvalue weighted by molar-refractivity contribution is 5.76. The highest BCUT2D eigenvalue weighted by atomic mass is 16.5. The van der Waals surface area contributed by atoms with Crippen molar-refractivity contribution in [3.8, 4) is 5.75 Å². The number of amides is 1. The van der Waals surface area contributed by atoms with E-state index in [1.807, 2.05) is 31.2 Å². The van der Waals surface area contributed by atoms with E-state index in [9.17, 15) is 9.59 Å². The molecule has 1 unspecified atom stereocenters. The Morgan fingerprint density at radius 2 is 1.90 bits per heavy atom. The zero-order valence-electron chi connectivity index (χ0n) is 18.2. The van der Waals surface area contributed by atoms with Gasteiger partial charge in [0.1, 0.15) is 5.75 Å². The van der Waals surface area contributed by atoms with Gasteiger partial charge in [0.05, 0.1) is 20.1 Å². The van der Waals surface area contributed by atoms with Crippen LogP contribution in [0.5, 0.6) is 5.75 Å². The van der Waals surface area contributed by atoms with Crippen molar-refractivity contribution < 1.29 is 19.1 Å². The van der Waals surface area contributed by atoms with Crippen LogP contribution >= 0.6 is 0 Å². The summed E-state index contributed by atoms with van der Waals surface area (Å²) in [4.78, 5) is 23.6. The predicted octanol–water partition coefficient (Wildman–Crippen LogP) is 4.14. The van der Waals surface area contributed by atoms with E-state index in [4.69, 9.17) is 9.47 Å². The quantitative estimate of drug-likeness (QED) is 0.632. The molecule has 29 heavy (non-hydrogen) atoms. The summed E-state index contributed by atoms with van der Waals surface area (Å²) in [5, 5.41) is 3.35. The lowest BCUT2D eigenvalue weighted by atomic mass is 9.44. The van der Waals surface area contributed by atoms with Crippen molar-refractivity contribution in [1.29, 1.82) is 0 Å². The largest absolute Gasteiger partial charge is 0.494 e. The highest BCUT2D eigenvalue weighted by Gasteiger charge is 2.57. The van der Waals surface area contributed by atoms with Gasteiger partial charge in [0, 0.05) is 12.5 Å². The predicted molar refractivity (Wildman–Crippen MR) is 113 cm³/mol. The minimum atomic E-state index is -0.242. The van der Waals surface area contributed by atoms with Gasteiger partial charge in [-0.1, -0.05) is 32.9 Å². The van der Waals surface area contributed by atoms with Crippen molar-refractivity contribution in [2.75, 3.05) is 13.7 Å². The molecule has 5 heteroatoms. The van der Waals surface area contributed by atoms with Crippen LogP contribution in [0, 0.1) is 23.2 Å². The normalized spacial score (nSPS) is 26.9. The van der Waals surface area contributed by atoms with Crippen LogP contribution in [0.15, 0.2) is 24.3 Å². The van der Waals surface area contributed by atoms with Crippen molar-refractivity contribution in [2.24, 2.45) is 23.2 Å². The summed E-state index contributed by atoms with van der Waals surface area (Å²) in [5.74, 6) is 2.57. The Kier molecular flexibility index (Phi) is 6.86. The van der Waals surface area contributed by atoms with Crippen LogP contribution in [0.2, 0.25) is 0 Å². The van der Waals surface area contributed by atoms with E-state index in [0.717, 1.165) is 30.1 Å². The molecule has 0 saturated heterocycles. The maximum Gasteiger partial charge on any atom is 0.309 e. The molecule has 3 fully saturated rings. The van der Waals surface area contributed by atoms with Gasteiger partial charge in [0.2, 0.25) is 5.91 Å². The topological polar surface area (TPSA) is 64.6 Å². The number of benzene rings is 1. The Balaban J connectivity index is 1.53. The summed E-state index contributed by atoms with van der Waals surface area (Å²) in [7, 11) is 1.40. The maximum absolute atomic E-state index is 12.3. The summed E-state index contributed by atoms with van der Waals surface area (Å²) in [6.45, 7) is 7.40. The first-order valence-corrected chi connectivity index (χ1v) is 10.9. The lowest BCUT2D eigenvalue weighted by Gasteiger charge is -2.62. The number of carbonyl (C=O) groups is 2. The molecule has 2 bridgehead atoms. The number of carbonyl (C=O) groups excluding carboxylic acids is 2. The second-order valence-electron chi connectivity index (χ2n) is 9.23. The van der Waals surface area contributed by atoms with Crippen molar-refractivity contribution in [3.63, 3.8) is 0 Å². The van der Waals surface area contributed by atoms with Gasteiger partial charge in [-0.05, 0) is 66.5 Å².